The number of hydrogen-bond donors (Lipinski definition) is 1. The lowest BCUT2D eigenvalue weighted by Crippen LogP contribution is -2.42. The van der Waals surface area contributed by atoms with E-state index in [0.29, 0.717) is 12.4 Å². The molecule has 1 aromatic rings. The number of nitrogens with one attached hydrogen (secondary N) is 1. The summed E-state index contributed by atoms with van der Waals surface area (Å²) in [6, 6.07) is 5.47. The molecule has 108 valence electrons. The summed E-state index contributed by atoms with van der Waals surface area (Å²) in [7, 11) is 0. The molecule has 0 bridgehead atoms. The van der Waals surface area contributed by atoms with Gasteiger partial charge in [-0.25, -0.2) is 4.98 Å². The summed E-state index contributed by atoms with van der Waals surface area (Å²) >= 11 is 0. The molecule has 2 amide bonds. The monoisotopic (exact) mass is 275 g/mol. The first-order valence-electron chi connectivity index (χ1n) is 6.82. The number of carbonyl (C=O) groups is 2. The fourth-order valence-corrected chi connectivity index (χ4v) is 2.37. The van der Waals surface area contributed by atoms with Gasteiger partial charge in [-0.3, -0.25) is 9.59 Å². The molecule has 1 atom stereocenters. The van der Waals surface area contributed by atoms with Gasteiger partial charge in [0.1, 0.15) is 5.82 Å². The van der Waals surface area contributed by atoms with Crippen LogP contribution in [0.25, 0.3) is 0 Å². The van der Waals surface area contributed by atoms with Crippen molar-refractivity contribution in [2.45, 2.75) is 39.7 Å². The van der Waals surface area contributed by atoms with Crippen LogP contribution < -0.4 is 5.32 Å². The summed E-state index contributed by atoms with van der Waals surface area (Å²) in [5.74, 6) is 0.138. The van der Waals surface area contributed by atoms with E-state index in [1.807, 2.05) is 39.8 Å². The highest BCUT2D eigenvalue weighted by atomic mass is 16.2. The molecule has 1 aliphatic heterocycles. The second-order valence-electron chi connectivity index (χ2n) is 6.23. The van der Waals surface area contributed by atoms with Gasteiger partial charge in [0.25, 0.3) is 0 Å². The van der Waals surface area contributed by atoms with E-state index in [1.165, 1.54) is 0 Å². The number of aryl methyl sites for hydroxylation is 1. The van der Waals surface area contributed by atoms with Gasteiger partial charge in [-0.2, -0.15) is 0 Å². The minimum atomic E-state index is -0.302. The lowest BCUT2D eigenvalue weighted by molar-refractivity contribution is -0.131. The maximum Gasteiger partial charge on any atom is 0.230 e. The minimum absolute atomic E-state index is 0.0369. The maximum absolute atomic E-state index is 12.2. The van der Waals surface area contributed by atoms with Crippen molar-refractivity contribution < 1.29 is 9.59 Å². The summed E-state index contributed by atoms with van der Waals surface area (Å²) in [6.07, 6.45) is 0.273. The molecule has 0 unspecified atom stereocenters. The molecule has 0 radical (unpaired) electrons. The van der Waals surface area contributed by atoms with Crippen molar-refractivity contribution in [3.63, 3.8) is 0 Å². The Hall–Kier alpha value is -1.91. The van der Waals surface area contributed by atoms with Gasteiger partial charge >= 0.3 is 0 Å². The highest BCUT2D eigenvalue weighted by Gasteiger charge is 2.39. The van der Waals surface area contributed by atoms with Crippen molar-refractivity contribution in [3.8, 4) is 0 Å². The minimum Gasteiger partial charge on any atom is -0.337 e. The Morgan fingerprint density at radius 2 is 2.10 bits per heavy atom. The van der Waals surface area contributed by atoms with Gasteiger partial charge in [0.2, 0.25) is 11.8 Å². The van der Waals surface area contributed by atoms with Crippen LogP contribution in [0.2, 0.25) is 0 Å². The molecule has 0 aliphatic carbocycles. The van der Waals surface area contributed by atoms with Crippen LogP contribution >= 0.6 is 0 Å². The first-order chi connectivity index (χ1) is 9.27. The molecule has 0 aromatic carbocycles. The van der Waals surface area contributed by atoms with Gasteiger partial charge in [-0.1, -0.05) is 6.07 Å². The number of carbonyl (C=O) groups excluding carboxylic acids is 2. The normalized spacial score (nSPS) is 19.3. The number of amides is 2. The van der Waals surface area contributed by atoms with E-state index in [2.05, 4.69) is 10.3 Å². The highest BCUT2D eigenvalue weighted by Crippen LogP contribution is 2.26. The average Bonchev–Trinajstić information content (AvgIpc) is 2.71. The largest absolute Gasteiger partial charge is 0.337 e. The van der Waals surface area contributed by atoms with Gasteiger partial charge in [-0.15, -0.1) is 0 Å². The molecular weight excluding hydrogens is 254 g/mol. The molecule has 2 rings (SSSR count). The summed E-state index contributed by atoms with van der Waals surface area (Å²) in [4.78, 5) is 30.2. The fourth-order valence-electron chi connectivity index (χ4n) is 2.37. The van der Waals surface area contributed by atoms with Crippen LogP contribution in [0.3, 0.4) is 0 Å². The molecule has 1 aromatic heterocycles. The Kier molecular flexibility index (Phi) is 3.79. The van der Waals surface area contributed by atoms with E-state index in [-0.39, 0.29) is 29.7 Å². The van der Waals surface area contributed by atoms with E-state index >= 15 is 0 Å². The Balaban J connectivity index is 2.03. The van der Waals surface area contributed by atoms with Gasteiger partial charge < -0.3 is 10.2 Å². The van der Waals surface area contributed by atoms with Crippen LogP contribution in [0.5, 0.6) is 0 Å². The maximum atomic E-state index is 12.2. The third-order valence-corrected chi connectivity index (χ3v) is 3.45. The first-order valence-corrected chi connectivity index (χ1v) is 6.82. The lowest BCUT2D eigenvalue weighted by atomic mass is 10.1. The first kappa shape index (κ1) is 14.5. The number of likely N-dealkylation sites (tertiary alicyclic amines) is 1. The average molecular weight is 275 g/mol. The molecule has 0 saturated carbocycles. The highest BCUT2D eigenvalue weighted by molar-refractivity contribution is 5.96. The summed E-state index contributed by atoms with van der Waals surface area (Å²) in [5, 5.41) is 2.79. The molecule has 1 N–H and O–H groups in total. The smallest absolute Gasteiger partial charge is 0.230 e. The topological polar surface area (TPSA) is 62.3 Å². The fraction of sp³-hybridized carbons (Fsp3) is 0.533. The Morgan fingerprint density at radius 3 is 2.65 bits per heavy atom. The summed E-state index contributed by atoms with van der Waals surface area (Å²) < 4.78 is 0. The van der Waals surface area contributed by atoms with Crippen molar-refractivity contribution in [2.75, 3.05) is 11.9 Å². The van der Waals surface area contributed by atoms with Gasteiger partial charge in [-0.05, 0) is 39.8 Å². The third kappa shape index (κ3) is 3.15. The number of nitrogens with zero attached hydrogens (tertiary/aromatic N) is 2. The van der Waals surface area contributed by atoms with Crippen LogP contribution in [0.1, 0.15) is 32.9 Å². The third-order valence-electron chi connectivity index (χ3n) is 3.45. The second kappa shape index (κ2) is 5.23. The Labute approximate surface area is 119 Å². The van der Waals surface area contributed by atoms with Crippen molar-refractivity contribution in [3.05, 3.63) is 23.9 Å². The lowest BCUT2D eigenvalue weighted by Gasteiger charge is -2.31. The second-order valence-corrected chi connectivity index (χ2v) is 6.23. The van der Waals surface area contributed by atoms with Crippen LogP contribution in [-0.4, -0.2) is 33.8 Å². The zero-order valence-electron chi connectivity index (χ0n) is 12.4. The van der Waals surface area contributed by atoms with Crippen molar-refractivity contribution in [2.24, 2.45) is 5.92 Å². The molecule has 1 aliphatic rings. The van der Waals surface area contributed by atoms with E-state index < -0.39 is 0 Å². The van der Waals surface area contributed by atoms with E-state index in [9.17, 15) is 9.59 Å². The molecular formula is C15H21N3O2. The predicted octanol–water partition coefficient (Wildman–Crippen LogP) is 1.98. The molecule has 0 spiro atoms. The summed E-state index contributed by atoms with van der Waals surface area (Å²) in [6.45, 7) is 8.28. The standard InChI is InChI=1S/C15H21N3O2/c1-10-6-5-7-12(16-10)17-14(20)11-8-13(19)18(9-11)15(2,3)4/h5-7,11H,8-9H2,1-4H3,(H,16,17,20)/t11-/m1/s1. The molecule has 1 saturated heterocycles. The number of aromatic nitrogens is 1. The summed E-state index contributed by atoms with van der Waals surface area (Å²) in [5.41, 5.74) is 0.606. The molecule has 1 fully saturated rings. The Morgan fingerprint density at radius 1 is 1.40 bits per heavy atom. The SMILES string of the molecule is Cc1cccc(NC(=O)[C@@H]2CC(=O)N(C(C)(C)C)C2)n1. The van der Waals surface area contributed by atoms with Crippen molar-refractivity contribution in [1.82, 2.24) is 9.88 Å². The van der Waals surface area contributed by atoms with Crippen molar-refractivity contribution >= 4 is 17.6 Å². The molecule has 5 nitrogen and oxygen atoms in total. The number of hydrogen-bond acceptors (Lipinski definition) is 3. The van der Waals surface area contributed by atoms with E-state index in [0.717, 1.165) is 5.69 Å². The zero-order chi connectivity index (χ0) is 14.9. The quantitative estimate of drug-likeness (QED) is 0.897. The number of pyridine rings is 1. The van der Waals surface area contributed by atoms with Crippen LogP contribution in [0.4, 0.5) is 5.82 Å². The Bertz CT molecular complexity index is 534. The van der Waals surface area contributed by atoms with Gasteiger partial charge in [0.05, 0.1) is 5.92 Å². The van der Waals surface area contributed by atoms with E-state index in [1.54, 1.807) is 11.0 Å². The molecule has 2 heterocycles. The van der Waals surface area contributed by atoms with E-state index in [4.69, 9.17) is 0 Å². The zero-order valence-corrected chi connectivity index (χ0v) is 12.4. The van der Waals surface area contributed by atoms with Crippen LogP contribution in [0.15, 0.2) is 18.2 Å². The molecule has 20 heavy (non-hydrogen) atoms. The van der Waals surface area contributed by atoms with Crippen LogP contribution in [-0.2, 0) is 9.59 Å². The van der Waals surface area contributed by atoms with Crippen molar-refractivity contribution in [1.29, 1.82) is 0 Å². The molecule has 5 heteroatoms. The predicted molar refractivity (Wildman–Crippen MR) is 77.2 cm³/mol. The number of anilines is 1. The van der Waals surface area contributed by atoms with Gasteiger partial charge in [0, 0.05) is 24.2 Å². The van der Waals surface area contributed by atoms with Gasteiger partial charge in [0.15, 0.2) is 0 Å². The number of rotatable bonds is 2. The van der Waals surface area contributed by atoms with Crippen LogP contribution in [0, 0.1) is 12.8 Å².